The van der Waals surface area contributed by atoms with Gasteiger partial charge in [-0.15, -0.1) is 0 Å². The SMILES string of the molecule is NC(=O)CNCC1CN2CCCC2CO1. The number of rotatable bonds is 4. The topological polar surface area (TPSA) is 67.6 Å². The first kappa shape index (κ1) is 10.9. The Hall–Kier alpha value is -0.650. The fourth-order valence-corrected chi connectivity index (χ4v) is 2.37. The maximum Gasteiger partial charge on any atom is 0.231 e. The number of amides is 1. The van der Waals surface area contributed by atoms with Gasteiger partial charge in [-0.05, 0) is 19.4 Å². The highest BCUT2D eigenvalue weighted by molar-refractivity contribution is 5.75. The van der Waals surface area contributed by atoms with Crippen LogP contribution in [0.3, 0.4) is 0 Å². The molecule has 1 amide bonds. The lowest BCUT2D eigenvalue weighted by molar-refractivity contribution is -0.117. The number of nitrogens with two attached hydrogens (primary N) is 1. The van der Waals surface area contributed by atoms with E-state index in [1.165, 1.54) is 19.4 Å². The number of hydrogen-bond acceptors (Lipinski definition) is 4. The minimum atomic E-state index is -0.315. The number of morpholine rings is 1. The predicted molar refractivity (Wildman–Crippen MR) is 56.4 cm³/mol. The van der Waals surface area contributed by atoms with Crippen LogP contribution in [0, 0.1) is 0 Å². The highest BCUT2D eigenvalue weighted by Gasteiger charge is 2.31. The lowest BCUT2D eigenvalue weighted by Gasteiger charge is -2.35. The Labute approximate surface area is 89.9 Å². The largest absolute Gasteiger partial charge is 0.374 e. The highest BCUT2D eigenvalue weighted by Crippen LogP contribution is 2.22. The second-order valence-electron chi connectivity index (χ2n) is 4.34. The van der Waals surface area contributed by atoms with Crippen LogP contribution in [0.4, 0.5) is 0 Å². The van der Waals surface area contributed by atoms with Crippen molar-refractivity contribution in [3.63, 3.8) is 0 Å². The minimum Gasteiger partial charge on any atom is -0.374 e. The standard InChI is InChI=1S/C10H19N3O2/c11-10(14)5-12-4-9-6-13-3-1-2-8(13)7-15-9/h8-9,12H,1-7H2,(H2,11,14). The molecule has 2 atom stereocenters. The first-order valence-corrected chi connectivity index (χ1v) is 5.60. The van der Waals surface area contributed by atoms with Crippen molar-refractivity contribution in [1.29, 1.82) is 0 Å². The number of nitrogens with one attached hydrogen (secondary N) is 1. The van der Waals surface area contributed by atoms with Gasteiger partial charge in [0.1, 0.15) is 0 Å². The third-order valence-corrected chi connectivity index (χ3v) is 3.13. The molecule has 86 valence electrons. The summed E-state index contributed by atoms with van der Waals surface area (Å²) in [7, 11) is 0. The van der Waals surface area contributed by atoms with Gasteiger partial charge in [0, 0.05) is 19.1 Å². The zero-order valence-electron chi connectivity index (χ0n) is 8.95. The normalized spacial score (nSPS) is 31.5. The molecule has 0 bridgehead atoms. The fraction of sp³-hybridized carbons (Fsp3) is 0.900. The molecule has 0 aromatic carbocycles. The molecular formula is C10H19N3O2. The molecule has 5 nitrogen and oxygen atoms in total. The maximum absolute atomic E-state index is 10.5. The van der Waals surface area contributed by atoms with Crippen molar-refractivity contribution in [3.05, 3.63) is 0 Å². The van der Waals surface area contributed by atoms with Crippen molar-refractivity contribution in [2.45, 2.75) is 25.0 Å². The van der Waals surface area contributed by atoms with E-state index in [9.17, 15) is 4.79 Å². The third-order valence-electron chi connectivity index (χ3n) is 3.13. The molecule has 15 heavy (non-hydrogen) atoms. The van der Waals surface area contributed by atoms with E-state index in [0.29, 0.717) is 12.6 Å². The summed E-state index contributed by atoms with van der Waals surface area (Å²) in [5.74, 6) is -0.315. The average Bonchev–Trinajstić information content (AvgIpc) is 2.64. The van der Waals surface area contributed by atoms with Gasteiger partial charge in [-0.25, -0.2) is 0 Å². The van der Waals surface area contributed by atoms with Crippen LogP contribution in [0.2, 0.25) is 0 Å². The van der Waals surface area contributed by atoms with Crippen molar-refractivity contribution in [2.24, 2.45) is 5.73 Å². The van der Waals surface area contributed by atoms with Crippen molar-refractivity contribution in [3.8, 4) is 0 Å². The molecule has 2 unspecified atom stereocenters. The number of primary amides is 1. The van der Waals surface area contributed by atoms with Crippen LogP contribution in [0.5, 0.6) is 0 Å². The summed E-state index contributed by atoms with van der Waals surface area (Å²) >= 11 is 0. The third kappa shape index (κ3) is 2.90. The quantitative estimate of drug-likeness (QED) is 0.623. The van der Waals surface area contributed by atoms with E-state index in [-0.39, 0.29) is 18.6 Å². The molecule has 2 saturated heterocycles. The smallest absolute Gasteiger partial charge is 0.231 e. The Bertz CT molecular complexity index is 235. The molecule has 0 radical (unpaired) electrons. The van der Waals surface area contributed by atoms with Gasteiger partial charge in [0.25, 0.3) is 0 Å². The monoisotopic (exact) mass is 213 g/mol. The van der Waals surface area contributed by atoms with E-state index in [4.69, 9.17) is 10.5 Å². The second-order valence-corrected chi connectivity index (χ2v) is 4.34. The molecule has 2 fully saturated rings. The van der Waals surface area contributed by atoms with Gasteiger partial charge in [0.15, 0.2) is 0 Å². The van der Waals surface area contributed by atoms with Crippen LogP contribution >= 0.6 is 0 Å². The van der Waals surface area contributed by atoms with Gasteiger partial charge < -0.3 is 15.8 Å². The van der Waals surface area contributed by atoms with Gasteiger partial charge >= 0.3 is 0 Å². The summed E-state index contributed by atoms with van der Waals surface area (Å²) in [6.07, 6.45) is 2.76. The van der Waals surface area contributed by atoms with E-state index in [2.05, 4.69) is 10.2 Å². The molecule has 0 spiro atoms. The Kier molecular flexibility index (Phi) is 3.56. The van der Waals surface area contributed by atoms with E-state index in [1.54, 1.807) is 0 Å². The van der Waals surface area contributed by atoms with E-state index < -0.39 is 0 Å². The molecule has 0 aromatic rings. The molecule has 2 aliphatic heterocycles. The molecule has 0 saturated carbocycles. The van der Waals surface area contributed by atoms with Gasteiger partial charge in [-0.1, -0.05) is 0 Å². The molecule has 0 aliphatic carbocycles. The van der Waals surface area contributed by atoms with Crippen molar-refractivity contribution >= 4 is 5.91 Å². The van der Waals surface area contributed by atoms with E-state index in [0.717, 1.165) is 13.2 Å². The molecule has 2 heterocycles. The summed E-state index contributed by atoms with van der Waals surface area (Å²) in [5.41, 5.74) is 5.04. The molecule has 5 heteroatoms. The number of hydrogen-bond donors (Lipinski definition) is 2. The first-order chi connectivity index (χ1) is 7.25. The van der Waals surface area contributed by atoms with Gasteiger partial charge in [-0.2, -0.15) is 0 Å². The Morgan fingerprint density at radius 3 is 3.27 bits per heavy atom. The molecular weight excluding hydrogens is 194 g/mol. The van der Waals surface area contributed by atoms with Gasteiger partial charge in [0.05, 0.1) is 19.3 Å². The van der Waals surface area contributed by atoms with Crippen LogP contribution in [-0.2, 0) is 9.53 Å². The number of ether oxygens (including phenoxy) is 1. The predicted octanol–water partition coefficient (Wildman–Crippen LogP) is -1.08. The van der Waals surface area contributed by atoms with Crippen molar-refractivity contribution in [2.75, 3.05) is 32.8 Å². The van der Waals surface area contributed by atoms with Crippen molar-refractivity contribution < 1.29 is 9.53 Å². The number of fused-ring (bicyclic) bond motifs is 1. The number of carbonyl (C=O) groups excluding carboxylic acids is 1. The van der Waals surface area contributed by atoms with Crippen LogP contribution in [0.15, 0.2) is 0 Å². The zero-order valence-corrected chi connectivity index (χ0v) is 8.95. The number of carbonyl (C=O) groups is 1. The van der Waals surface area contributed by atoms with Gasteiger partial charge in [-0.3, -0.25) is 9.69 Å². The van der Waals surface area contributed by atoms with Crippen LogP contribution in [0.25, 0.3) is 0 Å². The summed E-state index contributed by atoms with van der Waals surface area (Å²) in [4.78, 5) is 13.0. The molecule has 2 aliphatic rings. The van der Waals surface area contributed by atoms with E-state index in [1.807, 2.05) is 0 Å². The van der Waals surface area contributed by atoms with Gasteiger partial charge in [0.2, 0.25) is 5.91 Å². The second kappa shape index (κ2) is 4.92. The summed E-state index contributed by atoms with van der Waals surface area (Å²) in [5, 5.41) is 3.01. The average molecular weight is 213 g/mol. The lowest BCUT2D eigenvalue weighted by Crippen LogP contribution is -2.50. The van der Waals surface area contributed by atoms with Crippen LogP contribution in [0.1, 0.15) is 12.8 Å². The lowest BCUT2D eigenvalue weighted by atomic mass is 10.2. The Morgan fingerprint density at radius 1 is 1.60 bits per heavy atom. The Balaban J connectivity index is 1.68. The first-order valence-electron chi connectivity index (χ1n) is 5.60. The zero-order chi connectivity index (χ0) is 10.7. The summed E-state index contributed by atoms with van der Waals surface area (Å²) in [6.45, 7) is 3.97. The summed E-state index contributed by atoms with van der Waals surface area (Å²) < 4.78 is 5.72. The molecule has 0 aromatic heterocycles. The van der Waals surface area contributed by atoms with Crippen molar-refractivity contribution in [1.82, 2.24) is 10.2 Å². The fourth-order valence-electron chi connectivity index (χ4n) is 2.37. The number of nitrogens with zero attached hydrogens (tertiary/aromatic N) is 1. The van der Waals surface area contributed by atoms with E-state index >= 15 is 0 Å². The molecule has 2 rings (SSSR count). The maximum atomic E-state index is 10.5. The van der Waals surface area contributed by atoms with Crippen LogP contribution in [-0.4, -0.2) is 55.7 Å². The highest BCUT2D eigenvalue weighted by atomic mass is 16.5. The Morgan fingerprint density at radius 2 is 2.47 bits per heavy atom. The van der Waals surface area contributed by atoms with Crippen LogP contribution < -0.4 is 11.1 Å². The minimum absolute atomic E-state index is 0.207. The molecule has 3 N–H and O–H groups in total. The summed E-state index contributed by atoms with van der Waals surface area (Å²) in [6, 6.07) is 0.636.